The first-order chi connectivity index (χ1) is 13.7. The van der Waals surface area contributed by atoms with Crippen molar-refractivity contribution in [3.8, 4) is 0 Å². The summed E-state index contributed by atoms with van der Waals surface area (Å²) in [5.41, 5.74) is 1.47. The van der Waals surface area contributed by atoms with E-state index in [1.54, 1.807) is 7.05 Å². The smallest absolute Gasteiger partial charge is 0.220 e. The van der Waals surface area contributed by atoms with Gasteiger partial charge in [0, 0.05) is 58.8 Å². The average molecular weight is 514 g/mol. The van der Waals surface area contributed by atoms with Gasteiger partial charge in [0.05, 0.1) is 0 Å². The molecule has 2 fully saturated rings. The molecule has 0 atom stereocenters. The number of amides is 1. The SMILES string of the molecule is CN=C(NCC1(c2ccccc2)CCOCC1)N1CCC(CC(=O)NC)CC1.I. The fraction of sp³-hybridized carbons (Fsp3) is 0.636. The molecule has 162 valence electrons. The van der Waals surface area contributed by atoms with Crippen LogP contribution >= 0.6 is 24.0 Å². The first kappa shape index (κ1) is 23.9. The maximum Gasteiger partial charge on any atom is 0.220 e. The molecule has 29 heavy (non-hydrogen) atoms. The van der Waals surface area contributed by atoms with Gasteiger partial charge in [-0.3, -0.25) is 9.79 Å². The van der Waals surface area contributed by atoms with E-state index < -0.39 is 0 Å². The maximum absolute atomic E-state index is 11.6. The van der Waals surface area contributed by atoms with E-state index >= 15 is 0 Å². The number of hydrogen-bond acceptors (Lipinski definition) is 3. The van der Waals surface area contributed by atoms with Crippen LogP contribution in [0.1, 0.15) is 37.7 Å². The van der Waals surface area contributed by atoms with Gasteiger partial charge in [0.25, 0.3) is 0 Å². The number of halogens is 1. The summed E-state index contributed by atoms with van der Waals surface area (Å²) >= 11 is 0. The van der Waals surface area contributed by atoms with Crippen LogP contribution in [0.25, 0.3) is 0 Å². The lowest BCUT2D eigenvalue weighted by molar-refractivity contribution is -0.121. The normalized spacial score (nSPS) is 19.9. The van der Waals surface area contributed by atoms with Crippen LogP contribution in [0, 0.1) is 5.92 Å². The van der Waals surface area contributed by atoms with E-state index in [0.29, 0.717) is 12.3 Å². The van der Waals surface area contributed by atoms with E-state index in [-0.39, 0.29) is 35.3 Å². The molecule has 2 saturated heterocycles. The summed E-state index contributed by atoms with van der Waals surface area (Å²) in [7, 11) is 3.57. The molecule has 2 aliphatic rings. The topological polar surface area (TPSA) is 66.0 Å². The summed E-state index contributed by atoms with van der Waals surface area (Å²) in [6.07, 6.45) is 4.75. The molecule has 0 unspecified atom stereocenters. The van der Waals surface area contributed by atoms with E-state index in [4.69, 9.17) is 4.74 Å². The lowest BCUT2D eigenvalue weighted by Gasteiger charge is -2.40. The van der Waals surface area contributed by atoms with Crippen molar-refractivity contribution in [2.45, 2.75) is 37.5 Å². The number of rotatable bonds is 5. The lowest BCUT2D eigenvalue weighted by atomic mass is 9.74. The Balaban J connectivity index is 0.00000300. The van der Waals surface area contributed by atoms with Gasteiger partial charge in [-0.05, 0) is 37.2 Å². The van der Waals surface area contributed by atoms with Crippen LogP contribution in [0.2, 0.25) is 0 Å². The number of guanidine groups is 1. The first-order valence-corrected chi connectivity index (χ1v) is 10.5. The van der Waals surface area contributed by atoms with Crippen molar-refractivity contribution in [3.63, 3.8) is 0 Å². The van der Waals surface area contributed by atoms with Crippen molar-refractivity contribution in [1.82, 2.24) is 15.5 Å². The fourth-order valence-electron chi connectivity index (χ4n) is 4.42. The third-order valence-electron chi connectivity index (χ3n) is 6.30. The van der Waals surface area contributed by atoms with Crippen LogP contribution in [0.15, 0.2) is 35.3 Å². The third kappa shape index (κ3) is 6.31. The number of piperidine rings is 1. The van der Waals surface area contributed by atoms with Gasteiger partial charge < -0.3 is 20.3 Å². The average Bonchev–Trinajstić information content (AvgIpc) is 2.76. The second kappa shape index (κ2) is 11.7. The Morgan fingerprint density at radius 2 is 1.86 bits per heavy atom. The van der Waals surface area contributed by atoms with Gasteiger partial charge >= 0.3 is 0 Å². The van der Waals surface area contributed by atoms with Crippen LogP contribution in [-0.2, 0) is 14.9 Å². The number of benzene rings is 1. The molecule has 3 rings (SSSR count). The largest absolute Gasteiger partial charge is 0.381 e. The Labute approximate surface area is 191 Å². The molecule has 0 aliphatic carbocycles. The molecule has 1 aromatic carbocycles. The number of nitrogens with one attached hydrogen (secondary N) is 2. The molecule has 7 heteroatoms. The van der Waals surface area contributed by atoms with Crippen molar-refractivity contribution < 1.29 is 9.53 Å². The molecule has 6 nitrogen and oxygen atoms in total. The minimum atomic E-state index is 0. The van der Waals surface area contributed by atoms with Crippen molar-refractivity contribution in [1.29, 1.82) is 0 Å². The predicted octanol–water partition coefficient (Wildman–Crippen LogP) is 2.78. The van der Waals surface area contributed by atoms with Crippen LogP contribution in [0.5, 0.6) is 0 Å². The minimum Gasteiger partial charge on any atom is -0.381 e. The van der Waals surface area contributed by atoms with Crippen molar-refractivity contribution in [2.24, 2.45) is 10.9 Å². The Bertz CT molecular complexity index is 654. The number of hydrogen-bond donors (Lipinski definition) is 2. The molecule has 0 saturated carbocycles. The highest BCUT2D eigenvalue weighted by molar-refractivity contribution is 14.0. The number of nitrogens with zero attached hydrogens (tertiary/aromatic N) is 2. The summed E-state index contributed by atoms with van der Waals surface area (Å²) in [5, 5.41) is 6.39. The minimum absolute atomic E-state index is 0. The molecular formula is C22H35IN4O2. The van der Waals surface area contributed by atoms with Gasteiger partial charge in [-0.15, -0.1) is 24.0 Å². The predicted molar refractivity (Wildman–Crippen MR) is 128 cm³/mol. The molecule has 0 aromatic heterocycles. The third-order valence-corrected chi connectivity index (χ3v) is 6.30. The number of carbonyl (C=O) groups is 1. The van der Waals surface area contributed by atoms with Crippen LogP contribution in [0.3, 0.4) is 0 Å². The molecule has 1 aromatic rings. The summed E-state index contributed by atoms with van der Waals surface area (Å²) in [4.78, 5) is 18.5. The summed E-state index contributed by atoms with van der Waals surface area (Å²) < 4.78 is 5.65. The quantitative estimate of drug-likeness (QED) is 0.361. The molecule has 2 aliphatic heterocycles. The maximum atomic E-state index is 11.6. The Kier molecular flexibility index (Phi) is 9.68. The van der Waals surface area contributed by atoms with E-state index in [1.165, 1.54) is 5.56 Å². The van der Waals surface area contributed by atoms with Gasteiger partial charge in [-0.2, -0.15) is 0 Å². The highest BCUT2D eigenvalue weighted by atomic mass is 127. The van der Waals surface area contributed by atoms with Crippen LogP contribution in [0.4, 0.5) is 0 Å². The molecule has 2 N–H and O–H groups in total. The van der Waals surface area contributed by atoms with Crippen LogP contribution < -0.4 is 10.6 Å². The van der Waals surface area contributed by atoms with Gasteiger partial charge in [-0.25, -0.2) is 0 Å². The molecule has 0 spiro atoms. The Hall–Kier alpha value is -1.35. The second-order valence-electron chi connectivity index (χ2n) is 7.97. The molecule has 0 radical (unpaired) electrons. The zero-order chi connectivity index (χ0) is 19.8. The molecular weight excluding hydrogens is 479 g/mol. The van der Waals surface area contributed by atoms with Crippen molar-refractivity contribution in [2.75, 3.05) is 46.9 Å². The fourth-order valence-corrected chi connectivity index (χ4v) is 4.42. The highest BCUT2D eigenvalue weighted by Gasteiger charge is 2.35. The zero-order valence-electron chi connectivity index (χ0n) is 17.7. The molecule has 1 amide bonds. The molecule has 0 bridgehead atoms. The van der Waals surface area contributed by atoms with Gasteiger partial charge in [0.2, 0.25) is 5.91 Å². The van der Waals surface area contributed by atoms with Gasteiger partial charge in [0.1, 0.15) is 0 Å². The zero-order valence-corrected chi connectivity index (χ0v) is 20.0. The van der Waals surface area contributed by atoms with Crippen LogP contribution in [-0.4, -0.2) is 63.7 Å². The highest BCUT2D eigenvalue weighted by Crippen LogP contribution is 2.34. The number of carbonyl (C=O) groups excluding carboxylic acids is 1. The summed E-state index contributed by atoms with van der Waals surface area (Å²) in [5.74, 6) is 1.59. The lowest BCUT2D eigenvalue weighted by Crippen LogP contribution is -2.51. The Morgan fingerprint density at radius 3 is 2.45 bits per heavy atom. The summed E-state index contributed by atoms with van der Waals surface area (Å²) in [6.45, 7) is 4.37. The van der Waals surface area contributed by atoms with E-state index in [0.717, 1.165) is 64.5 Å². The van der Waals surface area contributed by atoms with Crippen molar-refractivity contribution in [3.05, 3.63) is 35.9 Å². The van der Waals surface area contributed by atoms with E-state index in [2.05, 4.69) is 50.9 Å². The number of aliphatic imine (C=N–C) groups is 1. The number of ether oxygens (including phenoxy) is 1. The van der Waals surface area contributed by atoms with Gasteiger partial charge in [-0.1, -0.05) is 30.3 Å². The van der Waals surface area contributed by atoms with Gasteiger partial charge in [0.15, 0.2) is 5.96 Å². The number of likely N-dealkylation sites (tertiary alicyclic amines) is 1. The van der Waals surface area contributed by atoms with E-state index in [1.807, 2.05) is 7.05 Å². The first-order valence-electron chi connectivity index (χ1n) is 10.5. The summed E-state index contributed by atoms with van der Waals surface area (Å²) in [6, 6.07) is 10.8. The molecule has 2 heterocycles. The monoisotopic (exact) mass is 514 g/mol. The standard InChI is InChI=1S/C22H34N4O2.HI/c1-23-20(27)16-18-8-12-26(13-9-18)21(24-2)25-17-22(10-14-28-15-11-22)19-6-4-3-5-7-19;/h3-7,18H,8-17H2,1-2H3,(H,23,27)(H,24,25);1H. The van der Waals surface area contributed by atoms with Crippen molar-refractivity contribution >= 4 is 35.8 Å². The second-order valence-corrected chi connectivity index (χ2v) is 7.97. The van der Waals surface area contributed by atoms with E-state index in [9.17, 15) is 4.79 Å². The Morgan fingerprint density at radius 1 is 1.21 bits per heavy atom.